The Labute approximate surface area is 95.5 Å². The maximum absolute atomic E-state index is 4.40. The van der Waals surface area contributed by atoms with Crippen LogP contribution in [0.5, 0.6) is 0 Å². The van der Waals surface area contributed by atoms with Crippen LogP contribution in [-0.4, -0.2) is 42.6 Å². The van der Waals surface area contributed by atoms with Crippen LogP contribution in [-0.2, 0) is 0 Å². The minimum absolute atomic E-state index is 0.681. The lowest BCUT2D eigenvalue weighted by Crippen LogP contribution is -2.22. The molecule has 1 aromatic heterocycles. The summed E-state index contributed by atoms with van der Waals surface area (Å²) < 4.78 is 0. The van der Waals surface area contributed by atoms with Crippen LogP contribution in [0.3, 0.4) is 0 Å². The fraction of sp³-hybridized carbons (Fsp3) is 0.600. The first kappa shape index (κ1) is 12.1. The lowest BCUT2D eigenvalue weighted by molar-refractivity contribution is 0.930. The maximum Gasteiger partial charge on any atom is 0.224 e. The van der Waals surface area contributed by atoms with Gasteiger partial charge in [-0.1, -0.05) is 0 Å². The fourth-order valence-corrected chi connectivity index (χ4v) is 1.66. The molecule has 0 spiro atoms. The monoisotopic (exact) mass is 226 g/mol. The van der Waals surface area contributed by atoms with E-state index in [1.807, 2.05) is 31.8 Å². The van der Waals surface area contributed by atoms with E-state index in [1.165, 1.54) is 0 Å². The topological polar surface area (TPSA) is 41.1 Å². The van der Waals surface area contributed by atoms with Crippen LogP contribution in [0.2, 0.25) is 0 Å². The largest absolute Gasteiger partial charge is 0.359 e. The zero-order valence-electron chi connectivity index (χ0n) is 9.74. The highest BCUT2D eigenvalue weighted by Gasteiger charge is 2.05. The lowest BCUT2D eigenvalue weighted by Gasteiger charge is -2.18. The predicted octanol–water partition coefficient (Wildman–Crippen LogP) is 1.63. The molecule has 1 N–H and O–H groups in total. The maximum atomic E-state index is 4.40. The summed E-state index contributed by atoms with van der Waals surface area (Å²) in [6, 6.07) is 2.00. The molecule has 0 unspecified atom stereocenters. The molecule has 1 aromatic rings. The Kier molecular flexibility index (Phi) is 4.68. The molecule has 0 aromatic carbocycles. The van der Waals surface area contributed by atoms with Crippen LogP contribution < -0.4 is 10.2 Å². The SMILES string of the molecule is CNc1nc(C)cc(N(C)CCSC)n1. The number of nitrogens with one attached hydrogen (secondary N) is 1. The van der Waals surface area contributed by atoms with Gasteiger partial charge in [0.1, 0.15) is 5.82 Å². The normalized spacial score (nSPS) is 10.1. The average molecular weight is 226 g/mol. The summed E-state index contributed by atoms with van der Waals surface area (Å²) in [4.78, 5) is 10.8. The molecule has 0 saturated carbocycles. The number of thioether (sulfide) groups is 1. The molecule has 1 heterocycles. The molecule has 0 bridgehead atoms. The summed E-state index contributed by atoms with van der Waals surface area (Å²) in [5.41, 5.74) is 0.986. The minimum Gasteiger partial charge on any atom is -0.359 e. The van der Waals surface area contributed by atoms with Crippen LogP contribution >= 0.6 is 11.8 Å². The number of hydrogen-bond donors (Lipinski definition) is 1. The van der Waals surface area contributed by atoms with E-state index in [2.05, 4.69) is 33.5 Å². The molecule has 0 amide bonds. The Morgan fingerprint density at radius 3 is 2.80 bits per heavy atom. The number of anilines is 2. The van der Waals surface area contributed by atoms with Crippen LogP contribution in [0.15, 0.2) is 6.07 Å². The molecule has 5 heteroatoms. The van der Waals surface area contributed by atoms with Crippen molar-refractivity contribution in [3.63, 3.8) is 0 Å². The van der Waals surface area contributed by atoms with Crippen molar-refractivity contribution in [3.8, 4) is 0 Å². The molecule has 0 atom stereocenters. The summed E-state index contributed by atoms with van der Waals surface area (Å²) in [5.74, 6) is 2.76. The smallest absolute Gasteiger partial charge is 0.224 e. The quantitative estimate of drug-likeness (QED) is 0.826. The molecule has 4 nitrogen and oxygen atoms in total. The van der Waals surface area contributed by atoms with E-state index >= 15 is 0 Å². The second-order valence-electron chi connectivity index (χ2n) is 3.36. The van der Waals surface area contributed by atoms with Gasteiger partial charge < -0.3 is 10.2 Å². The Morgan fingerprint density at radius 2 is 2.20 bits per heavy atom. The van der Waals surface area contributed by atoms with Crippen molar-refractivity contribution < 1.29 is 0 Å². The minimum atomic E-state index is 0.681. The third kappa shape index (κ3) is 3.58. The van der Waals surface area contributed by atoms with Crippen molar-refractivity contribution in [2.75, 3.05) is 42.9 Å². The average Bonchev–Trinajstić information content (AvgIpc) is 2.24. The number of aromatic nitrogens is 2. The van der Waals surface area contributed by atoms with Gasteiger partial charge in [-0.25, -0.2) is 4.98 Å². The van der Waals surface area contributed by atoms with Gasteiger partial charge in [0.05, 0.1) is 0 Å². The van der Waals surface area contributed by atoms with Gasteiger partial charge >= 0.3 is 0 Å². The summed E-state index contributed by atoms with van der Waals surface area (Å²) in [5, 5.41) is 2.97. The molecular weight excluding hydrogens is 208 g/mol. The Hall–Kier alpha value is -0.970. The predicted molar refractivity (Wildman–Crippen MR) is 68.0 cm³/mol. The molecule has 0 radical (unpaired) electrons. The Bertz CT molecular complexity index is 316. The van der Waals surface area contributed by atoms with E-state index in [4.69, 9.17) is 0 Å². The van der Waals surface area contributed by atoms with Crippen molar-refractivity contribution in [3.05, 3.63) is 11.8 Å². The first-order valence-corrected chi connectivity index (χ1v) is 6.30. The van der Waals surface area contributed by atoms with E-state index < -0.39 is 0 Å². The Morgan fingerprint density at radius 1 is 1.47 bits per heavy atom. The molecular formula is C10H18N4S. The molecule has 1 rings (SSSR count). The zero-order chi connectivity index (χ0) is 11.3. The molecule has 0 aliphatic carbocycles. The number of nitrogens with zero attached hydrogens (tertiary/aromatic N) is 3. The van der Waals surface area contributed by atoms with Gasteiger partial charge in [-0.2, -0.15) is 16.7 Å². The summed E-state index contributed by atoms with van der Waals surface area (Å²) >= 11 is 1.84. The van der Waals surface area contributed by atoms with E-state index in [1.54, 1.807) is 0 Å². The van der Waals surface area contributed by atoms with Crippen molar-refractivity contribution in [1.29, 1.82) is 0 Å². The van der Waals surface area contributed by atoms with Crippen molar-refractivity contribution in [1.82, 2.24) is 9.97 Å². The first-order valence-electron chi connectivity index (χ1n) is 4.91. The van der Waals surface area contributed by atoms with E-state index in [-0.39, 0.29) is 0 Å². The second-order valence-corrected chi connectivity index (χ2v) is 4.34. The Balaban J connectivity index is 2.78. The highest BCUT2D eigenvalue weighted by atomic mass is 32.2. The van der Waals surface area contributed by atoms with E-state index in [0.717, 1.165) is 23.8 Å². The first-order chi connectivity index (χ1) is 7.17. The molecule has 84 valence electrons. The van der Waals surface area contributed by atoms with Gasteiger partial charge in [-0.3, -0.25) is 0 Å². The number of hydrogen-bond acceptors (Lipinski definition) is 5. The lowest BCUT2D eigenvalue weighted by atomic mass is 10.4. The van der Waals surface area contributed by atoms with Crippen LogP contribution in [0.4, 0.5) is 11.8 Å². The van der Waals surface area contributed by atoms with Gasteiger partial charge in [0, 0.05) is 38.2 Å². The van der Waals surface area contributed by atoms with Crippen molar-refractivity contribution in [2.24, 2.45) is 0 Å². The van der Waals surface area contributed by atoms with Gasteiger partial charge in [-0.15, -0.1) is 0 Å². The molecule has 0 aliphatic heterocycles. The highest BCUT2D eigenvalue weighted by Crippen LogP contribution is 2.13. The van der Waals surface area contributed by atoms with Gasteiger partial charge in [0.2, 0.25) is 5.95 Å². The van der Waals surface area contributed by atoms with Crippen molar-refractivity contribution >= 4 is 23.5 Å². The number of rotatable bonds is 5. The van der Waals surface area contributed by atoms with Crippen molar-refractivity contribution in [2.45, 2.75) is 6.92 Å². The van der Waals surface area contributed by atoms with Gasteiger partial charge in [-0.05, 0) is 13.2 Å². The molecule has 15 heavy (non-hydrogen) atoms. The summed E-state index contributed by atoms with van der Waals surface area (Å²) in [6.45, 7) is 2.98. The highest BCUT2D eigenvalue weighted by molar-refractivity contribution is 7.98. The molecule has 0 fully saturated rings. The van der Waals surface area contributed by atoms with E-state index in [9.17, 15) is 0 Å². The molecule has 0 aliphatic rings. The second kappa shape index (κ2) is 5.80. The zero-order valence-corrected chi connectivity index (χ0v) is 10.6. The van der Waals surface area contributed by atoms with E-state index in [0.29, 0.717) is 5.95 Å². The molecule has 0 saturated heterocycles. The van der Waals surface area contributed by atoms with Crippen LogP contribution in [0.1, 0.15) is 5.69 Å². The standard InChI is InChI=1S/C10H18N4S/c1-8-7-9(13-10(11-2)12-8)14(3)5-6-15-4/h7H,5-6H2,1-4H3,(H,11,12,13). The third-order valence-electron chi connectivity index (χ3n) is 2.09. The van der Waals surface area contributed by atoms with Gasteiger partial charge in [0.25, 0.3) is 0 Å². The van der Waals surface area contributed by atoms with Crippen LogP contribution in [0, 0.1) is 6.92 Å². The summed E-state index contributed by atoms with van der Waals surface area (Å²) in [6.07, 6.45) is 2.11. The fourth-order valence-electron chi connectivity index (χ4n) is 1.20. The summed E-state index contributed by atoms with van der Waals surface area (Å²) in [7, 11) is 3.89. The van der Waals surface area contributed by atoms with Gasteiger partial charge in [0.15, 0.2) is 0 Å². The number of aryl methyl sites for hydroxylation is 1. The van der Waals surface area contributed by atoms with Crippen LogP contribution in [0.25, 0.3) is 0 Å². The third-order valence-corrected chi connectivity index (χ3v) is 2.68.